The van der Waals surface area contributed by atoms with Crippen molar-refractivity contribution in [2.24, 2.45) is 5.41 Å². The third-order valence-corrected chi connectivity index (χ3v) is 6.94. The lowest BCUT2D eigenvalue weighted by Crippen LogP contribution is -2.29. The molecule has 1 aliphatic carbocycles. The lowest BCUT2D eigenvalue weighted by molar-refractivity contribution is -0.118. The SMILES string of the molecule is CC1(C)CC(=O)C2=C(C1)Nc1ccccc1S[C@@H]2c1ccc(Cl)c(Cl)c1. The van der Waals surface area contributed by atoms with Crippen molar-refractivity contribution in [1.29, 1.82) is 0 Å². The summed E-state index contributed by atoms with van der Waals surface area (Å²) in [6, 6.07) is 13.9. The van der Waals surface area contributed by atoms with Gasteiger partial charge in [0.15, 0.2) is 5.78 Å². The molecule has 0 saturated carbocycles. The van der Waals surface area contributed by atoms with Crippen LogP contribution in [0.15, 0.2) is 58.6 Å². The number of carbonyl (C=O) groups excluding carboxylic acids is 1. The number of Topliss-reactive ketones (excluding diaryl/α,β-unsaturated/α-hetero) is 1. The molecule has 0 bridgehead atoms. The van der Waals surface area contributed by atoms with E-state index < -0.39 is 0 Å². The van der Waals surface area contributed by atoms with E-state index in [-0.39, 0.29) is 16.4 Å². The van der Waals surface area contributed by atoms with Gasteiger partial charge in [-0.05, 0) is 41.7 Å². The van der Waals surface area contributed by atoms with Crippen LogP contribution in [0, 0.1) is 5.41 Å². The van der Waals surface area contributed by atoms with Gasteiger partial charge < -0.3 is 5.32 Å². The minimum atomic E-state index is -0.0977. The highest BCUT2D eigenvalue weighted by Crippen LogP contribution is 2.52. The van der Waals surface area contributed by atoms with Gasteiger partial charge in [0.1, 0.15) is 0 Å². The van der Waals surface area contributed by atoms with E-state index in [2.05, 4.69) is 31.3 Å². The summed E-state index contributed by atoms with van der Waals surface area (Å²) in [5, 5.41) is 4.50. The van der Waals surface area contributed by atoms with Crippen molar-refractivity contribution in [2.75, 3.05) is 5.32 Å². The Morgan fingerprint density at radius 1 is 1.08 bits per heavy atom. The largest absolute Gasteiger partial charge is 0.358 e. The molecule has 5 heteroatoms. The molecular weight excluding hydrogens is 385 g/mol. The Kier molecular flexibility index (Phi) is 4.58. The van der Waals surface area contributed by atoms with E-state index in [0.29, 0.717) is 16.5 Å². The maximum Gasteiger partial charge on any atom is 0.162 e. The van der Waals surface area contributed by atoms with Gasteiger partial charge >= 0.3 is 0 Å². The molecule has 0 saturated heterocycles. The van der Waals surface area contributed by atoms with E-state index >= 15 is 0 Å². The Labute approximate surface area is 168 Å². The van der Waals surface area contributed by atoms with Crippen LogP contribution in [0.1, 0.15) is 37.5 Å². The molecule has 2 nitrogen and oxygen atoms in total. The molecule has 1 atom stereocenters. The number of benzene rings is 2. The number of hydrogen-bond acceptors (Lipinski definition) is 3. The predicted octanol–water partition coefficient (Wildman–Crippen LogP) is 6.90. The van der Waals surface area contributed by atoms with Gasteiger partial charge in [0.05, 0.1) is 21.0 Å². The van der Waals surface area contributed by atoms with Crippen molar-refractivity contribution in [2.45, 2.75) is 36.8 Å². The Hall–Kier alpha value is -1.42. The molecule has 1 heterocycles. The van der Waals surface area contributed by atoms with Crippen LogP contribution in [0.2, 0.25) is 10.0 Å². The highest BCUT2D eigenvalue weighted by molar-refractivity contribution is 8.00. The number of nitrogens with one attached hydrogen (secondary N) is 1. The second-order valence-electron chi connectivity index (χ2n) is 7.63. The van der Waals surface area contributed by atoms with Gasteiger partial charge in [0, 0.05) is 22.6 Å². The maximum absolute atomic E-state index is 13.1. The Morgan fingerprint density at radius 3 is 2.62 bits per heavy atom. The number of para-hydroxylation sites is 1. The summed E-state index contributed by atoms with van der Waals surface area (Å²) < 4.78 is 0. The van der Waals surface area contributed by atoms with Crippen molar-refractivity contribution in [3.63, 3.8) is 0 Å². The second kappa shape index (κ2) is 6.63. The average Bonchev–Trinajstić information content (AvgIpc) is 2.72. The smallest absolute Gasteiger partial charge is 0.162 e. The normalized spacial score (nSPS) is 21.5. The summed E-state index contributed by atoms with van der Waals surface area (Å²) in [5.41, 5.74) is 3.90. The minimum absolute atomic E-state index is 0.0466. The topological polar surface area (TPSA) is 29.1 Å². The molecule has 0 fully saturated rings. The molecule has 26 heavy (non-hydrogen) atoms. The lowest BCUT2D eigenvalue weighted by Gasteiger charge is -2.34. The molecule has 134 valence electrons. The molecule has 2 aromatic rings. The van der Waals surface area contributed by atoms with Gasteiger partial charge in [0.25, 0.3) is 0 Å². The van der Waals surface area contributed by atoms with Crippen LogP contribution in [0.4, 0.5) is 5.69 Å². The molecule has 0 aromatic heterocycles. The quantitative estimate of drug-likeness (QED) is 0.561. The number of halogens is 2. The summed E-state index contributed by atoms with van der Waals surface area (Å²) in [5.74, 6) is 0.208. The number of rotatable bonds is 1. The molecule has 2 aromatic carbocycles. The number of hydrogen-bond donors (Lipinski definition) is 1. The van der Waals surface area contributed by atoms with Gasteiger partial charge in [-0.1, -0.05) is 55.2 Å². The van der Waals surface area contributed by atoms with E-state index in [0.717, 1.165) is 33.8 Å². The summed E-state index contributed by atoms with van der Waals surface area (Å²) in [7, 11) is 0. The maximum atomic E-state index is 13.1. The fourth-order valence-corrected chi connectivity index (χ4v) is 5.32. The summed E-state index contributed by atoms with van der Waals surface area (Å²) in [6.45, 7) is 4.29. The summed E-state index contributed by atoms with van der Waals surface area (Å²) in [4.78, 5) is 14.2. The first-order valence-corrected chi connectivity index (χ1v) is 10.2. The molecule has 1 N–H and O–H groups in total. The Bertz CT molecular complexity index is 935. The van der Waals surface area contributed by atoms with Crippen LogP contribution in [-0.4, -0.2) is 5.78 Å². The summed E-state index contributed by atoms with van der Waals surface area (Å²) in [6.07, 6.45) is 1.41. The van der Waals surface area contributed by atoms with E-state index in [1.54, 1.807) is 11.8 Å². The van der Waals surface area contributed by atoms with Crippen molar-refractivity contribution in [1.82, 2.24) is 0 Å². The summed E-state index contributed by atoms with van der Waals surface area (Å²) >= 11 is 14.1. The molecular formula is C21H19Cl2NOS. The Morgan fingerprint density at radius 2 is 1.85 bits per heavy atom. The fourth-order valence-electron chi connectivity index (χ4n) is 3.68. The fraction of sp³-hybridized carbons (Fsp3) is 0.286. The highest BCUT2D eigenvalue weighted by atomic mass is 35.5. The van der Waals surface area contributed by atoms with E-state index in [1.807, 2.05) is 30.3 Å². The second-order valence-corrected chi connectivity index (χ2v) is 9.59. The van der Waals surface area contributed by atoms with Crippen molar-refractivity contribution in [3.05, 3.63) is 69.3 Å². The molecule has 0 amide bonds. The van der Waals surface area contributed by atoms with Crippen LogP contribution in [0.5, 0.6) is 0 Å². The number of anilines is 1. The van der Waals surface area contributed by atoms with Crippen molar-refractivity contribution >= 4 is 46.4 Å². The molecule has 4 rings (SSSR count). The third kappa shape index (κ3) is 3.28. The van der Waals surface area contributed by atoms with Crippen LogP contribution in [0.25, 0.3) is 0 Å². The van der Waals surface area contributed by atoms with E-state index in [9.17, 15) is 4.79 Å². The average molecular weight is 404 g/mol. The van der Waals surface area contributed by atoms with Gasteiger partial charge in [-0.25, -0.2) is 0 Å². The predicted molar refractivity (Wildman–Crippen MR) is 110 cm³/mol. The standard InChI is InChI=1S/C21H19Cl2NOS/c1-21(2)10-16-19(17(25)11-21)20(12-7-8-13(22)14(23)9-12)26-18-6-4-3-5-15(18)24-16/h3-9,20,24H,10-11H2,1-2H3/t20-/m1/s1. The van der Waals surface area contributed by atoms with Crippen molar-refractivity contribution < 1.29 is 4.79 Å². The van der Waals surface area contributed by atoms with E-state index in [4.69, 9.17) is 23.2 Å². The monoisotopic (exact) mass is 403 g/mol. The van der Waals surface area contributed by atoms with Gasteiger partial charge in [-0.2, -0.15) is 0 Å². The van der Waals surface area contributed by atoms with E-state index in [1.165, 1.54) is 0 Å². The molecule has 0 unspecified atom stereocenters. The number of fused-ring (bicyclic) bond motifs is 1. The molecule has 0 radical (unpaired) electrons. The lowest BCUT2D eigenvalue weighted by atomic mass is 9.74. The molecule has 2 aliphatic rings. The highest BCUT2D eigenvalue weighted by Gasteiger charge is 2.39. The molecule has 0 spiro atoms. The Balaban J connectivity index is 1.89. The van der Waals surface area contributed by atoms with Crippen LogP contribution in [0.3, 0.4) is 0 Å². The third-order valence-electron chi connectivity index (χ3n) is 4.85. The zero-order chi connectivity index (χ0) is 18.5. The molecule has 1 aliphatic heterocycles. The number of thioether (sulfide) groups is 1. The number of carbonyl (C=O) groups is 1. The first-order chi connectivity index (χ1) is 12.3. The van der Waals surface area contributed by atoms with Gasteiger partial charge in [0.2, 0.25) is 0 Å². The van der Waals surface area contributed by atoms with Crippen LogP contribution in [-0.2, 0) is 4.79 Å². The van der Waals surface area contributed by atoms with Crippen molar-refractivity contribution in [3.8, 4) is 0 Å². The first-order valence-electron chi connectivity index (χ1n) is 8.58. The minimum Gasteiger partial charge on any atom is -0.358 e. The van der Waals surface area contributed by atoms with Gasteiger partial charge in [-0.3, -0.25) is 4.79 Å². The number of allylic oxidation sites excluding steroid dienone is 1. The zero-order valence-electron chi connectivity index (χ0n) is 14.6. The van der Waals surface area contributed by atoms with Gasteiger partial charge in [-0.15, -0.1) is 11.8 Å². The number of ketones is 1. The zero-order valence-corrected chi connectivity index (χ0v) is 16.9. The van der Waals surface area contributed by atoms with Crippen LogP contribution < -0.4 is 5.32 Å². The van der Waals surface area contributed by atoms with Crippen LogP contribution >= 0.6 is 35.0 Å². The first kappa shape index (κ1) is 18.0.